The van der Waals surface area contributed by atoms with Gasteiger partial charge in [-0.3, -0.25) is 10.1 Å². The van der Waals surface area contributed by atoms with Gasteiger partial charge >= 0.3 is 0 Å². The van der Waals surface area contributed by atoms with Crippen LogP contribution in [0.15, 0.2) is 66.5 Å². The number of nitro groups is 1. The summed E-state index contributed by atoms with van der Waals surface area (Å²) in [6.45, 7) is 5.89. The van der Waals surface area contributed by atoms with Crippen molar-refractivity contribution in [3.63, 3.8) is 0 Å². The molecule has 3 rings (SSSR count). The Morgan fingerprint density at radius 3 is 2.84 bits per heavy atom. The lowest BCUT2D eigenvalue weighted by molar-refractivity contribution is -0.431. The first-order valence-electron chi connectivity index (χ1n) is 8.84. The average molecular weight is 336 g/mol. The highest BCUT2D eigenvalue weighted by Crippen LogP contribution is 2.34. The minimum absolute atomic E-state index is 0.00136. The predicted octanol–water partition coefficient (Wildman–Crippen LogP) is 5.35. The smallest absolute Gasteiger partial charge is 0.265 e. The van der Waals surface area contributed by atoms with Gasteiger partial charge in [-0.15, -0.1) is 6.58 Å². The molecule has 25 heavy (non-hydrogen) atoms. The lowest BCUT2D eigenvalue weighted by Crippen LogP contribution is -2.29. The molecule has 0 radical (unpaired) electrons. The van der Waals surface area contributed by atoms with E-state index in [2.05, 4.69) is 43.1 Å². The molecule has 4 heteroatoms. The second kappa shape index (κ2) is 7.51. The zero-order valence-electron chi connectivity index (χ0n) is 14.6. The van der Waals surface area contributed by atoms with Crippen LogP contribution in [0.4, 0.5) is 0 Å². The zero-order valence-corrected chi connectivity index (χ0v) is 14.6. The number of benzene rings is 2. The first-order valence-corrected chi connectivity index (χ1v) is 8.84. The van der Waals surface area contributed by atoms with Crippen LogP contribution in [0.25, 0.3) is 10.8 Å². The Morgan fingerprint density at radius 1 is 1.32 bits per heavy atom. The van der Waals surface area contributed by atoms with Gasteiger partial charge in [0.15, 0.2) is 0 Å². The highest BCUT2D eigenvalue weighted by molar-refractivity contribution is 5.86. The van der Waals surface area contributed by atoms with Gasteiger partial charge in [-0.25, -0.2) is 0 Å². The molecular formula is C21H24N2O2. The minimum Gasteiger partial charge on any atom is -0.376 e. The molecule has 1 unspecified atom stereocenters. The van der Waals surface area contributed by atoms with Crippen LogP contribution in [0.5, 0.6) is 0 Å². The van der Waals surface area contributed by atoms with Gasteiger partial charge in [-0.2, -0.15) is 0 Å². The van der Waals surface area contributed by atoms with Crippen molar-refractivity contribution in [2.45, 2.75) is 38.6 Å². The molecule has 1 aliphatic carbocycles. The Bertz CT molecular complexity index is 820. The van der Waals surface area contributed by atoms with Crippen LogP contribution in [-0.4, -0.2) is 4.92 Å². The van der Waals surface area contributed by atoms with Crippen LogP contribution in [-0.2, 0) is 0 Å². The van der Waals surface area contributed by atoms with Crippen LogP contribution in [0, 0.1) is 16.0 Å². The number of nitrogens with one attached hydrogen (secondary N) is 1. The average Bonchev–Trinajstić information content (AvgIpc) is 2.62. The molecule has 4 nitrogen and oxygen atoms in total. The standard InChI is InChI=1S/C21H24N2O2/c1-3-8-17-11-7-14-20(23(24)25)21(17)22-15(2)18-13-6-10-16-9-4-5-12-19(16)18/h3-6,9-10,12-13,15,17,22H,1,7-8,11,14H2,2H3/t15-,17?/m0/s1. The van der Waals surface area contributed by atoms with Crippen LogP contribution in [0.2, 0.25) is 0 Å². The molecule has 0 aromatic heterocycles. The van der Waals surface area contributed by atoms with E-state index in [1.54, 1.807) is 0 Å². The molecule has 2 atom stereocenters. The molecule has 0 spiro atoms. The van der Waals surface area contributed by atoms with Gasteiger partial charge in [0.25, 0.3) is 5.70 Å². The van der Waals surface area contributed by atoms with Crippen LogP contribution < -0.4 is 5.32 Å². The molecule has 1 N–H and O–H groups in total. The minimum atomic E-state index is -0.215. The van der Waals surface area contributed by atoms with Gasteiger partial charge in [0.2, 0.25) is 0 Å². The van der Waals surface area contributed by atoms with Crippen molar-refractivity contribution in [2.75, 3.05) is 0 Å². The van der Waals surface area contributed by atoms with Crippen molar-refractivity contribution in [3.8, 4) is 0 Å². The molecule has 1 aliphatic rings. The highest BCUT2D eigenvalue weighted by Gasteiger charge is 2.30. The molecule has 2 aromatic rings. The van der Waals surface area contributed by atoms with Crippen LogP contribution in [0.3, 0.4) is 0 Å². The summed E-state index contributed by atoms with van der Waals surface area (Å²) in [5, 5.41) is 17.4. The number of allylic oxidation sites excluding steroid dienone is 3. The summed E-state index contributed by atoms with van der Waals surface area (Å²) in [6.07, 6.45) is 4.99. The van der Waals surface area contributed by atoms with Crippen LogP contribution in [0.1, 0.15) is 44.2 Å². The van der Waals surface area contributed by atoms with Crippen molar-refractivity contribution in [3.05, 3.63) is 82.2 Å². The molecule has 0 heterocycles. The van der Waals surface area contributed by atoms with E-state index < -0.39 is 0 Å². The normalized spacial score (nSPS) is 18.8. The van der Waals surface area contributed by atoms with Crippen molar-refractivity contribution < 1.29 is 4.92 Å². The molecule has 0 saturated heterocycles. The maximum atomic E-state index is 11.5. The maximum Gasteiger partial charge on any atom is 0.265 e. The third kappa shape index (κ3) is 3.58. The fourth-order valence-electron chi connectivity index (χ4n) is 3.80. The second-order valence-corrected chi connectivity index (χ2v) is 6.67. The van der Waals surface area contributed by atoms with Gasteiger partial charge in [0.05, 0.1) is 10.6 Å². The predicted molar refractivity (Wildman–Crippen MR) is 102 cm³/mol. The summed E-state index contributed by atoms with van der Waals surface area (Å²) in [5.74, 6) is 0.157. The molecule has 0 fully saturated rings. The van der Waals surface area contributed by atoms with Crippen molar-refractivity contribution in [1.29, 1.82) is 0 Å². The quantitative estimate of drug-likeness (QED) is 0.439. The number of fused-ring (bicyclic) bond motifs is 1. The third-order valence-corrected chi connectivity index (χ3v) is 5.02. The Hall–Kier alpha value is -2.62. The van der Waals surface area contributed by atoms with Crippen molar-refractivity contribution in [1.82, 2.24) is 5.32 Å². The second-order valence-electron chi connectivity index (χ2n) is 6.67. The van der Waals surface area contributed by atoms with E-state index in [9.17, 15) is 10.1 Å². The molecule has 0 saturated carbocycles. The summed E-state index contributed by atoms with van der Waals surface area (Å²) >= 11 is 0. The summed E-state index contributed by atoms with van der Waals surface area (Å²) in [6, 6.07) is 14.5. The lowest BCUT2D eigenvalue weighted by atomic mass is 9.87. The highest BCUT2D eigenvalue weighted by atomic mass is 16.6. The SMILES string of the molecule is C=CCC1CCCC([N+](=O)[O-])=C1N[C@@H](C)c1cccc2ccccc12. The molecule has 0 amide bonds. The fourth-order valence-corrected chi connectivity index (χ4v) is 3.80. The van der Waals surface area contributed by atoms with Gasteiger partial charge in [-0.1, -0.05) is 48.5 Å². The number of hydrogen-bond donors (Lipinski definition) is 1. The maximum absolute atomic E-state index is 11.5. The van der Waals surface area contributed by atoms with E-state index in [4.69, 9.17) is 0 Å². The Balaban J connectivity index is 1.97. The van der Waals surface area contributed by atoms with Gasteiger partial charge in [0.1, 0.15) is 0 Å². The Labute approximate surface area is 148 Å². The number of rotatable bonds is 6. The van der Waals surface area contributed by atoms with Crippen molar-refractivity contribution >= 4 is 10.8 Å². The molecule has 2 aromatic carbocycles. The first-order chi connectivity index (χ1) is 12.1. The Kier molecular flexibility index (Phi) is 5.17. The summed E-state index contributed by atoms with van der Waals surface area (Å²) in [5.41, 5.74) is 2.29. The van der Waals surface area contributed by atoms with Gasteiger partial charge in [0, 0.05) is 18.4 Å². The summed E-state index contributed by atoms with van der Waals surface area (Å²) in [7, 11) is 0. The van der Waals surface area contributed by atoms with Crippen molar-refractivity contribution in [2.24, 2.45) is 5.92 Å². The summed E-state index contributed by atoms with van der Waals surface area (Å²) in [4.78, 5) is 11.3. The molecule has 0 bridgehead atoms. The van der Waals surface area contributed by atoms with E-state index in [0.717, 1.165) is 30.5 Å². The third-order valence-electron chi connectivity index (χ3n) is 5.02. The van der Waals surface area contributed by atoms with Crippen LogP contribution >= 0.6 is 0 Å². The first kappa shape index (κ1) is 17.2. The van der Waals surface area contributed by atoms with E-state index in [-0.39, 0.29) is 16.9 Å². The topological polar surface area (TPSA) is 55.2 Å². The Morgan fingerprint density at radius 2 is 2.08 bits per heavy atom. The molecule has 0 aliphatic heterocycles. The zero-order chi connectivity index (χ0) is 17.8. The molecular weight excluding hydrogens is 312 g/mol. The summed E-state index contributed by atoms with van der Waals surface area (Å²) < 4.78 is 0. The lowest BCUT2D eigenvalue weighted by Gasteiger charge is -2.28. The number of nitrogens with zero attached hydrogens (tertiary/aromatic N) is 1. The van der Waals surface area contributed by atoms with E-state index in [1.165, 1.54) is 10.8 Å². The largest absolute Gasteiger partial charge is 0.376 e. The monoisotopic (exact) mass is 336 g/mol. The van der Waals surface area contributed by atoms with E-state index in [0.29, 0.717) is 12.1 Å². The van der Waals surface area contributed by atoms with Gasteiger partial charge < -0.3 is 5.32 Å². The van der Waals surface area contributed by atoms with E-state index >= 15 is 0 Å². The number of hydrogen-bond acceptors (Lipinski definition) is 3. The van der Waals surface area contributed by atoms with Gasteiger partial charge in [-0.05, 0) is 42.5 Å². The molecule has 130 valence electrons. The fraction of sp³-hybridized carbons (Fsp3) is 0.333. The van der Waals surface area contributed by atoms with E-state index in [1.807, 2.05) is 24.3 Å².